The summed E-state index contributed by atoms with van der Waals surface area (Å²) in [6, 6.07) is 5.53. The number of hydrogen-bond acceptors (Lipinski definition) is 3. The lowest BCUT2D eigenvalue weighted by atomic mass is 9.53. The summed E-state index contributed by atoms with van der Waals surface area (Å²) in [7, 11) is 3.75. The van der Waals surface area contributed by atoms with Crippen molar-refractivity contribution in [2.75, 3.05) is 19.0 Å². The first-order valence-corrected chi connectivity index (χ1v) is 11.4. The van der Waals surface area contributed by atoms with Crippen molar-refractivity contribution in [1.29, 1.82) is 0 Å². The van der Waals surface area contributed by atoms with Crippen LogP contribution in [-0.2, 0) is 4.79 Å². The molecule has 4 aliphatic carbocycles. The quantitative estimate of drug-likeness (QED) is 0.734. The maximum absolute atomic E-state index is 14.4. The molecule has 5 unspecified atom stereocenters. The summed E-state index contributed by atoms with van der Waals surface area (Å²) in [5, 5.41) is 11.0. The van der Waals surface area contributed by atoms with Gasteiger partial charge >= 0.3 is 0 Å². The fraction of sp³-hybridized carbons (Fsp3) is 0.577. The van der Waals surface area contributed by atoms with Gasteiger partial charge in [-0.2, -0.15) is 0 Å². The zero-order valence-electron chi connectivity index (χ0n) is 18.2. The van der Waals surface area contributed by atoms with E-state index in [9.17, 15) is 14.3 Å². The zero-order chi connectivity index (χ0) is 21.2. The van der Waals surface area contributed by atoms with E-state index in [1.807, 2.05) is 37.2 Å². The monoisotopic (exact) mass is 409 g/mol. The highest BCUT2D eigenvalue weighted by Crippen LogP contribution is 2.63. The summed E-state index contributed by atoms with van der Waals surface area (Å²) in [6.45, 7) is 2.27. The van der Waals surface area contributed by atoms with Gasteiger partial charge in [0.25, 0.3) is 0 Å². The second kappa shape index (κ2) is 7.05. The van der Waals surface area contributed by atoms with E-state index in [1.165, 1.54) is 16.7 Å². The van der Waals surface area contributed by atoms with E-state index in [0.29, 0.717) is 23.9 Å². The highest BCUT2D eigenvalue weighted by atomic mass is 19.1. The van der Waals surface area contributed by atoms with Crippen LogP contribution in [0.2, 0.25) is 0 Å². The van der Waals surface area contributed by atoms with Crippen LogP contribution in [0.4, 0.5) is 10.1 Å². The summed E-state index contributed by atoms with van der Waals surface area (Å²) >= 11 is 0. The molecule has 30 heavy (non-hydrogen) atoms. The number of benzene rings is 1. The second-order valence-corrected chi connectivity index (χ2v) is 10.3. The minimum Gasteiger partial charge on any atom is -0.393 e. The van der Waals surface area contributed by atoms with Gasteiger partial charge in [-0.25, -0.2) is 4.39 Å². The molecule has 5 rings (SSSR count). The summed E-state index contributed by atoms with van der Waals surface area (Å²) in [5.74, 6) is 1.18. The first kappa shape index (κ1) is 20.0. The Labute approximate surface area is 178 Å². The van der Waals surface area contributed by atoms with Crippen LogP contribution in [0.15, 0.2) is 41.0 Å². The van der Waals surface area contributed by atoms with Crippen molar-refractivity contribution in [2.24, 2.45) is 17.3 Å². The Morgan fingerprint density at radius 1 is 1.13 bits per heavy atom. The smallest absolute Gasteiger partial charge is 0.156 e. The number of fused-ring (bicyclic) bond motifs is 4. The molecule has 0 bridgehead atoms. The molecule has 0 heterocycles. The predicted octanol–water partition coefficient (Wildman–Crippen LogP) is 5.15. The van der Waals surface area contributed by atoms with E-state index in [1.54, 1.807) is 6.07 Å². The van der Waals surface area contributed by atoms with Crippen LogP contribution >= 0.6 is 0 Å². The van der Waals surface area contributed by atoms with Gasteiger partial charge in [-0.15, -0.1) is 0 Å². The van der Waals surface area contributed by atoms with E-state index >= 15 is 0 Å². The molecular formula is C26H32FNO2. The standard InChI is InChI=1S/C26H32FNO2/c1-26-14-20(16-5-10-22(27)23(13-16)28(2)3)25-18-8-6-17(29)12-15(18)4-7-19(25)21(26)9-11-24(26)30/h5,10,12-13,19-21,24,30H,4,6-9,11,14H2,1-3H3. The van der Waals surface area contributed by atoms with E-state index < -0.39 is 0 Å². The largest absolute Gasteiger partial charge is 0.393 e. The van der Waals surface area contributed by atoms with Crippen LogP contribution in [0.25, 0.3) is 0 Å². The maximum atomic E-state index is 14.4. The molecule has 0 aliphatic heterocycles. The van der Waals surface area contributed by atoms with Gasteiger partial charge in [0, 0.05) is 26.4 Å². The first-order chi connectivity index (χ1) is 14.3. The molecule has 0 amide bonds. The molecule has 1 aromatic carbocycles. The molecular weight excluding hydrogens is 377 g/mol. The Bertz CT molecular complexity index is 962. The molecule has 4 heteroatoms. The number of rotatable bonds is 2. The number of carbonyl (C=O) groups excluding carboxylic acids is 1. The molecule has 0 aromatic heterocycles. The molecule has 2 fully saturated rings. The summed E-state index contributed by atoms with van der Waals surface area (Å²) in [5.41, 5.74) is 5.78. The number of nitrogens with zero attached hydrogens (tertiary/aromatic N) is 1. The molecule has 4 aliphatic rings. The molecule has 2 saturated carbocycles. The topological polar surface area (TPSA) is 40.5 Å². The minimum absolute atomic E-state index is 0.0994. The van der Waals surface area contributed by atoms with Crippen LogP contribution < -0.4 is 4.90 Å². The maximum Gasteiger partial charge on any atom is 0.156 e. The Hall–Kier alpha value is -1.94. The Kier molecular flexibility index (Phi) is 4.70. The number of allylic oxidation sites excluding steroid dienone is 4. The SMILES string of the molecule is CN(C)c1cc(C2CC3(C)C(O)CCC3C3CCC4=CC(=O)CCC4=C23)ccc1F. The molecule has 5 atom stereocenters. The summed E-state index contributed by atoms with van der Waals surface area (Å²) in [6.07, 6.45) is 7.92. The molecule has 0 saturated heterocycles. The highest BCUT2D eigenvalue weighted by molar-refractivity contribution is 5.93. The number of halogens is 1. The fourth-order valence-electron chi connectivity index (χ4n) is 7.02. The lowest BCUT2D eigenvalue weighted by Gasteiger charge is -2.52. The molecule has 0 spiro atoms. The average molecular weight is 410 g/mol. The summed E-state index contributed by atoms with van der Waals surface area (Å²) < 4.78 is 14.4. The lowest BCUT2D eigenvalue weighted by molar-refractivity contribution is -0.114. The molecule has 1 aromatic rings. The molecule has 0 radical (unpaired) electrons. The number of aliphatic hydroxyl groups is 1. The third-order valence-electron chi connectivity index (χ3n) is 8.54. The highest BCUT2D eigenvalue weighted by Gasteiger charge is 2.56. The predicted molar refractivity (Wildman–Crippen MR) is 117 cm³/mol. The molecule has 1 N–H and O–H groups in total. The van der Waals surface area contributed by atoms with Gasteiger partial charge in [0.15, 0.2) is 5.78 Å². The van der Waals surface area contributed by atoms with E-state index in [0.717, 1.165) is 44.1 Å². The van der Waals surface area contributed by atoms with Crippen LogP contribution in [0.5, 0.6) is 0 Å². The minimum atomic E-state index is -0.268. The van der Waals surface area contributed by atoms with Crippen molar-refractivity contribution in [3.63, 3.8) is 0 Å². The fourth-order valence-corrected chi connectivity index (χ4v) is 7.02. The van der Waals surface area contributed by atoms with Crippen molar-refractivity contribution in [3.05, 3.63) is 52.4 Å². The Balaban J connectivity index is 1.69. The Morgan fingerprint density at radius 2 is 1.93 bits per heavy atom. The third-order valence-corrected chi connectivity index (χ3v) is 8.54. The number of anilines is 1. The average Bonchev–Trinajstić information content (AvgIpc) is 3.01. The van der Waals surface area contributed by atoms with E-state index in [2.05, 4.69) is 6.92 Å². The van der Waals surface area contributed by atoms with Gasteiger partial charge in [0.2, 0.25) is 0 Å². The lowest BCUT2D eigenvalue weighted by Crippen LogP contribution is -2.45. The van der Waals surface area contributed by atoms with Gasteiger partial charge in [-0.05, 0) is 90.7 Å². The van der Waals surface area contributed by atoms with Crippen LogP contribution in [0.3, 0.4) is 0 Å². The van der Waals surface area contributed by atoms with Crippen molar-refractivity contribution in [3.8, 4) is 0 Å². The van der Waals surface area contributed by atoms with Crippen molar-refractivity contribution < 1.29 is 14.3 Å². The molecule has 3 nitrogen and oxygen atoms in total. The number of aliphatic hydroxyl groups excluding tert-OH is 1. The number of ketones is 1. The first-order valence-electron chi connectivity index (χ1n) is 11.4. The van der Waals surface area contributed by atoms with Gasteiger partial charge in [0.05, 0.1) is 11.8 Å². The van der Waals surface area contributed by atoms with Crippen molar-refractivity contribution in [2.45, 2.75) is 63.9 Å². The van der Waals surface area contributed by atoms with E-state index in [4.69, 9.17) is 0 Å². The Morgan fingerprint density at radius 3 is 2.70 bits per heavy atom. The summed E-state index contributed by atoms with van der Waals surface area (Å²) in [4.78, 5) is 13.9. The van der Waals surface area contributed by atoms with Gasteiger partial charge < -0.3 is 10.0 Å². The number of carbonyl (C=O) groups is 1. The second-order valence-electron chi connectivity index (χ2n) is 10.3. The van der Waals surface area contributed by atoms with Crippen LogP contribution in [0.1, 0.15) is 63.4 Å². The normalized spacial score (nSPS) is 35.5. The van der Waals surface area contributed by atoms with Gasteiger partial charge in [0.1, 0.15) is 5.82 Å². The van der Waals surface area contributed by atoms with E-state index in [-0.39, 0.29) is 29.0 Å². The van der Waals surface area contributed by atoms with Crippen LogP contribution in [-0.4, -0.2) is 31.1 Å². The zero-order valence-corrected chi connectivity index (χ0v) is 18.2. The van der Waals surface area contributed by atoms with Crippen molar-refractivity contribution in [1.82, 2.24) is 0 Å². The third kappa shape index (κ3) is 2.90. The van der Waals surface area contributed by atoms with Crippen molar-refractivity contribution >= 4 is 11.5 Å². The van der Waals surface area contributed by atoms with Crippen LogP contribution in [0, 0.1) is 23.1 Å². The van der Waals surface area contributed by atoms with Gasteiger partial charge in [-0.1, -0.05) is 18.6 Å². The van der Waals surface area contributed by atoms with Gasteiger partial charge in [-0.3, -0.25) is 4.79 Å². The number of hydrogen-bond donors (Lipinski definition) is 1. The molecule has 160 valence electrons.